The largest absolute Gasteiger partial charge is 0.416 e. The van der Waals surface area contributed by atoms with E-state index in [2.05, 4.69) is 0 Å². The molecule has 0 N–H and O–H groups in total. The van der Waals surface area contributed by atoms with Gasteiger partial charge in [-0.1, -0.05) is 6.07 Å². The molecule has 0 spiro atoms. The fourth-order valence-corrected chi connectivity index (χ4v) is 1.20. The van der Waals surface area contributed by atoms with E-state index in [1.54, 1.807) is 0 Å². The van der Waals surface area contributed by atoms with E-state index in [9.17, 15) is 13.2 Å². The molecule has 2 nitrogen and oxygen atoms in total. The molecule has 0 aromatic heterocycles. The highest BCUT2D eigenvalue weighted by Gasteiger charge is 2.30. The van der Waals surface area contributed by atoms with Gasteiger partial charge in [-0.05, 0) is 30.0 Å². The van der Waals surface area contributed by atoms with Crippen LogP contribution in [-0.4, -0.2) is 10.9 Å². The van der Waals surface area contributed by atoms with Gasteiger partial charge in [-0.3, -0.25) is 0 Å². The van der Waals surface area contributed by atoms with Gasteiger partial charge in [-0.2, -0.15) is 26.7 Å². The Balaban J connectivity index is 0.00000225. The Bertz CT molecular complexity index is 335. The molecule has 0 fully saturated rings. The summed E-state index contributed by atoms with van der Waals surface area (Å²) in [5, 5.41) is 0. The summed E-state index contributed by atoms with van der Waals surface area (Å²) in [6.45, 7) is 0. The van der Waals surface area contributed by atoms with Gasteiger partial charge >= 0.3 is 6.18 Å². The van der Waals surface area contributed by atoms with Crippen molar-refractivity contribution in [3.05, 3.63) is 29.8 Å². The van der Waals surface area contributed by atoms with Crippen LogP contribution in [0.3, 0.4) is 0 Å². The molecule has 0 atom stereocenters. The number of hydrogen-bond acceptors (Lipinski definition) is 3. The fraction of sp³-hybridized carbons (Fsp3) is 0.250. The summed E-state index contributed by atoms with van der Waals surface area (Å²) in [4.78, 5) is 0. The lowest BCUT2D eigenvalue weighted by molar-refractivity contribution is -0.137. The summed E-state index contributed by atoms with van der Waals surface area (Å²) in [5.41, 5.74) is -0.752. The first kappa shape index (κ1) is 15.8. The van der Waals surface area contributed by atoms with Crippen LogP contribution in [0.2, 0.25) is 0 Å². The summed E-state index contributed by atoms with van der Waals surface area (Å²) in [5.74, 6) is 0.0994. The summed E-state index contributed by atoms with van der Waals surface area (Å²) in [6, 6.07) is 4.57. The van der Waals surface area contributed by atoms with E-state index in [1.807, 2.05) is 0 Å². The molecule has 0 aliphatic carbocycles. The fourth-order valence-electron chi connectivity index (χ4n) is 0.819. The zero-order chi connectivity index (χ0) is 11.5. The quantitative estimate of drug-likeness (QED) is 0.477. The zero-order valence-corrected chi connectivity index (χ0v) is 10.7. The van der Waals surface area contributed by atoms with Crippen LogP contribution >= 0.6 is 37.5 Å². The molecular weight excluding hydrogens is 283 g/mol. The first-order valence-electron chi connectivity index (χ1n) is 3.81. The Kier molecular flexibility index (Phi) is 6.39. The molecule has 0 radical (unpaired) electrons. The van der Waals surface area contributed by atoms with Crippen LogP contribution in [0.15, 0.2) is 24.3 Å². The minimum atomic E-state index is -4.36. The van der Waals surface area contributed by atoms with E-state index in [-0.39, 0.29) is 19.2 Å². The Hall–Kier alpha value is -0.240. The Morgan fingerprint density at radius 2 is 2.00 bits per heavy atom. The number of halogens is 4. The lowest BCUT2D eigenvalue weighted by atomic mass is 10.2. The molecule has 1 aromatic carbocycles. The van der Waals surface area contributed by atoms with Crippen molar-refractivity contribution in [2.75, 3.05) is 7.05 Å². The highest BCUT2D eigenvalue weighted by atomic mass is 35.5. The van der Waals surface area contributed by atoms with E-state index in [1.165, 1.54) is 19.2 Å². The van der Waals surface area contributed by atoms with E-state index < -0.39 is 11.7 Å². The van der Waals surface area contributed by atoms with Crippen LogP contribution in [0.25, 0.3) is 0 Å². The van der Waals surface area contributed by atoms with Gasteiger partial charge in [0.05, 0.1) is 5.56 Å². The molecule has 1 aromatic rings. The topological polar surface area (TPSA) is 12.5 Å². The smallest absolute Gasteiger partial charge is 0.409 e. The van der Waals surface area contributed by atoms with E-state index in [0.29, 0.717) is 0 Å². The lowest BCUT2D eigenvalue weighted by Gasteiger charge is -2.09. The normalized spacial score (nSPS) is 11.1. The van der Waals surface area contributed by atoms with E-state index in [0.717, 1.165) is 28.2 Å². The number of rotatable bonds is 3. The van der Waals surface area contributed by atoms with E-state index in [4.69, 9.17) is 16.0 Å². The Morgan fingerprint density at radius 3 is 2.50 bits per heavy atom. The molecule has 0 saturated carbocycles. The van der Waals surface area contributed by atoms with Gasteiger partial charge in [-0.15, -0.1) is 3.82 Å². The predicted octanol–water partition coefficient (Wildman–Crippen LogP) is 3.85. The first-order chi connectivity index (χ1) is 6.89. The molecule has 16 heavy (non-hydrogen) atoms. The second kappa shape index (κ2) is 6.48. The van der Waals surface area contributed by atoms with Crippen molar-refractivity contribution in [1.82, 2.24) is 3.82 Å². The number of hydrogen-bond donors (Lipinski definition) is 0. The average molecular weight is 292 g/mol. The third-order valence-electron chi connectivity index (χ3n) is 1.40. The van der Waals surface area contributed by atoms with Gasteiger partial charge in [0.15, 0.2) is 12.2 Å². The number of alkyl halides is 3. The molecule has 0 aliphatic heterocycles. The molecule has 0 bridgehead atoms. The minimum Gasteiger partial charge on any atom is -0.409 e. The Labute approximate surface area is 108 Å². The minimum absolute atomic E-state index is 0. The van der Waals surface area contributed by atoms with Crippen molar-refractivity contribution >= 4 is 37.5 Å². The zero-order valence-electron chi connectivity index (χ0n) is 8.08. The molecule has 0 amide bonds. The van der Waals surface area contributed by atoms with Crippen molar-refractivity contribution < 1.29 is 17.4 Å². The van der Waals surface area contributed by atoms with Crippen molar-refractivity contribution in [2.24, 2.45) is 0 Å². The van der Waals surface area contributed by atoms with Crippen LogP contribution in [0.5, 0.6) is 5.75 Å². The van der Waals surface area contributed by atoms with Crippen LogP contribution in [0.4, 0.5) is 13.2 Å². The number of benzene rings is 1. The molecule has 0 aliphatic rings. The first-order valence-corrected chi connectivity index (χ1v) is 4.84. The lowest BCUT2D eigenvalue weighted by Crippen LogP contribution is -2.04. The van der Waals surface area contributed by atoms with Gasteiger partial charge in [0.25, 0.3) is 0 Å². The predicted molar refractivity (Wildman–Crippen MR) is 63.7 cm³/mol. The molecule has 0 saturated heterocycles. The molecule has 0 unspecified atom stereocenters. The summed E-state index contributed by atoms with van der Waals surface area (Å²) in [7, 11) is 1.50. The standard InChI is InChI=1S/C8H7ClF3NOS.H2S/c1-13(9)15-14-7-4-2-3-6(5-7)8(10,11)12;/h2-5H,1H3;1H2. The van der Waals surface area contributed by atoms with Gasteiger partial charge in [0.2, 0.25) is 0 Å². The third-order valence-corrected chi connectivity index (χ3v) is 2.04. The molecule has 8 heteroatoms. The van der Waals surface area contributed by atoms with Crippen molar-refractivity contribution in [1.29, 1.82) is 0 Å². The van der Waals surface area contributed by atoms with Crippen molar-refractivity contribution in [3.63, 3.8) is 0 Å². The van der Waals surface area contributed by atoms with Crippen LogP contribution < -0.4 is 4.18 Å². The molecule has 1 rings (SSSR count). The van der Waals surface area contributed by atoms with Crippen LogP contribution in [-0.2, 0) is 6.18 Å². The van der Waals surface area contributed by atoms with Gasteiger partial charge in [0.1, 0.15) is 5.75 Å². The number of nitrogens with zero attached hydrogens (tertiary/aromatic N) is 1. The molecule has 0 heterocycles. The second-order valence-electron chi connectivity index (χ2n) is 2.60. The summed E-state index contributed by atoms with van der Waals surface area (Å²) < 4.78 is 42.8. The van der Waals surface area contributed by atoms with Crippen molar-refractivity contribution in [2.45, 2.75) is 6.18 Å². The van der Waals surface area contributed by atoms with Gasteiger partial charge < -0.3 is 4.18 Å². The van der Waals surface area contributed by atoms with Gasteiger partial charge in [0, 0.05) is 7.05 Å². The van der Waals surface area contributed by atoms with Crippen LogP contribution in [0.1, 0.15) is 5.56 Å². The highest BCUT2D eigenvalue weighted by Crippen LogP contribution is 2.32. The SMILES string of the molecule is CN(Cl)SOc1cccc(C(F)(F)F)c1.S. The van der Waals surface area contributed by atoms with Crippen molar-refractivity contribution in [3.8, 4) is 5.75 Å². The Morgan fingerprint density at radius 1 is 1.38 bits per heavy atom. The molecular formula is C8H9ClF3NOS2. The van der Waals surface area contributed by atoms with Gasteiger partial charge in [-0.25, -0.2) is 0 Å². The third kappa shape index (κ3) is 5.20. The maximum Gasteiger partial charge on any atom is 0.416 e. The highest BCUT2D eigenvalue weighted by molar-refractivity contribution is 7.93. The maximum atomic E-state index is 12.3. The summed E-state index contributed by atoms with van der Waals surface area (Å²) in [6.07, 6.45) is -4.36. The monoisotopic (exact) mass is 291 g/mol. The average Bonchev–Trinajstić information content (AvgIpc) is 2.14. The van der Waals surface area contributed by atoms with E-state index >= 15 is 0 Å². The second-order valence-corrected chi connectivity index (χ2v) is 4.18. The molecule has 92 valence electrons. The summed E-state index contributed by atoms with van der Waals surface area (Å²) >= 11 is 6.14. The maximum absolute atomic E-state index is 12.3. The van der Waals surface area contributed by atoms with Crippen LogP contribution in [0, 0.1) is 0 Å².